The molecule has 15 heteroatoms. The number of alkyl halides is 6. The number of imide groups is 1. The Morgan fingerprint density at radius 3 is 2.22 bits per heavy atom. The van der Waals surface area contributed by atoms with Gasteiger partial charge in [0.25, 0.3) is 0 Å². The number of phenolic OH excluding ortho intramolecular Hbond substituents is 1. The highest BCUT2D eigenvalue weighted by atomic mass is 19.4. The first-order valence-electron chi connectivity index (χ1n) is 17.5. The summed E-state index contributed by atoms with van der Waals surface area (Å²) in [7, 11) is -1.42. The van der Waals surface area contributed by atoms with Gasteiger partial charge in [-0.1, -0.05) is 42.5 Å². The number of nitrogens with zero attached hydrogens (tertiary/aromatic N) is 2. The molecule has 2 fully saturated rings. The monoisotopic (exact) mass is 762 g/mol. The second-order valence-electron chi connectivity index (χ2n) is 13.7. The molecule has 0 saturated carbocycles. The zero-order chi connectivity index (χ0) is 39.1. The van der Waals surface area contributed by atoms with Gasteiger partial charge in [0.1, 0.15) is 18.1 Å². The van der Waals surface area contributed by atoms with E-state index in [1.54, 1.807) is 85.1 Å². The number of halogens is 6. The molecule has 4 aromatic rings. The molecule has 2 aliphatic heterocycles. The third-order valence-electron chi connectivity index (χ3n) is 10.2. The second kappa shape index (κ2) is 15.0. The summed E-state index contributed by atoms with van der Waals surface area (Å²) in [6, 6.07) is 21.5. The average molecular weight is 763 g/mol. The maximum atomic E-state index is 14.2. The van der Waals surface area contributed by atoms with Crippen LogP contribution in [-0.4, -0.2) is 46.8 Å². The molecule has 2 amide bonds. The van der Waals surface area contributed by atoms with Crippen molar-refractivity contribution in [2.75, 3.05) is 11.5 Å². The topological polar surface area (TPSA) is 109 Å². The van der Waals surface area contributed by atoms with Gasteiger partial charge in [-0.25, -0.2) is 4.90 Å². The summed E-state index contributed by atoms with van der Waals surface area (Å²) in [5.41, 5.74) is -1.17. The van der Waals surface area contributed by atoms with E-state index in [4.69, 9.17) is 9.39 Å². The smallest absolute Gasteiger partial charge is 0.455 e. The lowest BCUT2D eigenvalue weighted by atomic mass is 9.58. The molecule has 55 heavy (non-hydrogen) atoms. The van der Waals surface area contributed by atoms with E-state index in [9.17, 15) is 46.1 Å². The predicted molar refractivity (Wildman–Crippen MR) is 190 cm³/mol. The first kappa shape index (κ1) is 37.9. The molecule has 3 aromatic carbocycles. The summed E-state index contributed by atoms with van der Waals surface area (Å²) in [6.45, 7) is -0.0703. The Morgan fingerprint density at radius 1 is 0.891 bits per heavy atom. The normalized spacial score (nSPS) is 21.8. The quantitative estimate of drug-likeness (QED) is 0.0766. The van der Waals surface area contributed by atoms with Gasteiger partial charge in [0.05, 0.1) is 40.4 Å². The van der Waals surface area contributed by atoms with Crippen molar-refractivity contribution in [2.45, 2.75) is 44.0 Å². The van der Waals surface area contributed by atoms with Crippen molar-refractivity contribution in [1.82, 2.24) is 4.98 Å². The maximum absolute atomic E-state index is 14.2. The van der Waals surface area contributed by atoms with E-state index in [1.807, 2.05) is 0 Å². The van der Waals surface area contributed by atoms with Crippen LogP contribution in [-0.2, 0) is 26.6 Å². The number of phenols is 1. The van der Waals surface area contributed by atoms with Crippen LogP contribution in [0.25, 0.3) is 11.6 Å². The molecule has 3 aliphatic rings. The fourth-order valence-corrected chi connectivity index (χ4v) is 7.82. The summed E-state index contributed by atoms with van der Waals surface area (Å²) < 4.78 is 95.2. The van der Waals surface area contributed by atoms with Crippen molar-refractivity contribution in [3.63, 3.8) is 0 Å². The molecule has 8 nitrogen and oxygen atoms in total. The standard InChI is InChI=1S/C40H33BF6N2O6/c42-39(43,44)26-18-27(40(45,46)47)20-28(19-26)49-37(51)30-17-25(22-54-29-9-2-1-3-10-29)35-31(36(30)38(49)52)21-41(53)55-34(35)14-13-23(32-11-6-7-15-48-32)16-24-8-4-5-12-33(24)50/h1-12,15-16,18-20,30-31,34,36,50,53H,13-14,17,21-22H2/b23-16-/t30-,31+,34-,36-/m1/s1. The van der Waals surface area contributed by atoms with Crippen LogP contribution < -0.4 is 9.64 Å². The number of rotatable bonds is 9. The highest BCUT2D eigenvalue weighted by molar-refractivity contribution is 6.43. The minimum Gasteiger partial charge on any atom is -0.507 e. The number of ether oxygens (including phenoxy) is 1. The van der Waals surface area contributed by atoms with Gasteiger partial charge in [-0.3, -0.25) is 14.6 Å². The molecule has 1 aromatic heterocycles. The number of allylic oxidation sites excluding steroid dienone is 1. The van der Waals surface area contributed by atoms with Crippen molar-refractivity contribution >= 4 is 36.3 Å². The fraction of sp³-hybridized carbons (Fsp3) is 0.275. The fourth-order valence-electron chi connectivity index (χ4n) is 7.82. The highest BCUT2D eigenvalue weighted by Gasteiger charge is 2.58. The zero-order valence-electron chi connectivity index (χ0n) is 28.9. The molecule has 2 saturated heterocycles. The SMILES string of the molecule is O=C1[C@@H]2[C@@H](CC(COc3ccccc3)=C3[C@@H](CC/C(=C/c4ccccc4O)c4ccccn4)OB(O)C[C@@H]32)C(=O)N1c1cc(C(F)(F)F)cc(C(F)(F)F)c1. The van der Waals surface area contributed by atoms with Gasteiger partial charge in [0.15, 0.2) is 0 Å². The van der Waals surface area contributed by atoms with Crippen molar-refractivity contribution < 1.29 is 55.5 Å². The summed E-state index contributed by atoms with van der Waals surface area (Å²) in [6.07, 6.45) is -7.59. The third kappa shape index (κ3) is 7.90. The molecular weight excluding hydrogens is 729 g/mol. The van der Waals surface area contributed by atoms with Gasteiger partial charge in [-0.05, 0) is 103 Å². The van der Waals surface area contributed by atoms with Crippen molar-refractivity contribution in [3.8, 4) is 11.5 Å². The van der Waals surface area contributed by atoms with Crippen LogP contribution in [0.15, 0.2) is 108 Å². The molecule has 4 atom stereocenters. The Morgan fingerprint density at radius 2 is 1.56 bits per heavy atom. The number of pyridine rings is 1. The van der Waals surface area contributed by atoms with Crippen LogP contribution >= 0.6 is 0 Å². The number of hydrogen-bond donors (Lipinski definition) is 2. The number of amides is 2. The largest absolute Gasteiger partial charge is 0.507 e. The first-order chi connectivity index (χ1) is 26.2. The molecule has 2 N–H and O–H groups in total. The maximum Gasteiger partial charge on any atom is 0.455 e. The highest BCUT2D eigenvalue weighted by Crippen LogP contribution is 2.52. The van der Waals surface area contributed by atoms with Gasteiger partial charge in [-0.15, -0.1) is 0 Å². The first-order valence-corrected chi connectivity index (χ1v) is 17.5. The van der Waals surface area contributed by atoms with Crippen LogP contribution in [0, 0.1) is 17.8 Å². The molecule has 284 valence electrons. The number of anilines is 1. The minimum absolute atomic E-state index is 0.0406. The Kier molecular flexibility index (Phi) is 10.4. The molecule has 1 aliphatic carbocycles. The van der Waals surface area contributed by atoms with Gasteiger partial charge in [-0.2, -0.15) is 26.3 Å². The average Bonchev–Trinajstić information content (AvgIpc) is 3.41. The Labute approximate surface area is 311 Å². The Balaban J connectivity index is 1.27. The summed E-state index contributed by atoms with van der Waals surface area (Å²) >= 11 is 0. The summed E-state index contributed by atoms with van der Waals surface area (Å²) in [5, 5.41) is 21.6. The van der Waals surface area contributed by atoms with Gasteiger partial charge >= 0.3 is 19.5 Å². The lowest BCUT2D eigenvalue weighted by Gasteiger charge is -2.43. The Bertz CT molecular complexity index is 2110. The van der Waals surface area contributed by atoms with E-state index in [-0.39, 0.29) is 37.6 Å². The van der Waals surface area contributed by atoms with Crippen LogP contribution in [0.1, 0.15) is 41.6 Å². The third-order valence-corrected chi connectivity index (χ3v) is 10.2. The van der Waals surface area contributed by atoms with Gasteiger partial charge in [0.2, 0.25) is 11.8 Å². The lowest BCUT2D eigenvalue weighted by Crippen LogP contribution is -2.46. The number of aromatic nitrogens is 1. The molecule has 0 spiro atoms. The number of fused-ring (bicyclic) bond motifs is 3. The summed E-state index contributed by atoms with van der Waals surface area (Å²) in [5.74, 6) is -4.61. The summed E-state index contributed by atoms with van der Waals surface area (Å²) in [4.78, 5) is 33.2. The van der Waals surface area contributed by atoms with E-state index in [0.717, 1.165) is 0 Å². The van der Waals surface area contributed by atoms with Crippen molar-refractivity contribution in [1.29, 1.82) is 0 Å². The number of hydrogen-bond acceptors (Lipinski definition) is 7. The number of para-hydroxylation sites is 2. The number of carbonyl (C=O) groups excluding carboxylic acids is 2. The predicted octanol–water partition coefficient (Wildman–Crippen LogP) is 8.23. The number of benzene rings is 3. The molecule has 0 unspecified atom stereocenters. The van der Waals surface area contributed by atoms with Crippen LogP contribution in [0.2, 0.25) is 6.32 Å². The molecular formula is C40H33BF6N2O6. The van der Waals surface area contributed by atoms with E-state index in [2.05, 4.69) is 4.98 Å². The van der Waals surface area contributed by atoms with Crippen LogP contribution in [0.4, 0.5) is 32.0 Å². The van der Waals surface area contributed by atoms with Gasteiger partial charge in [0, 0.05) is 11.8 Å². The number of aromatic hydroxyl groups is 1. The van der Waals surface area contributed by atoms with E-state index < -0.39 is 72.0 Å². The molecule has 0 bridgehead atoms. The lowest BCUT2D eigenvalue weighted by molar-refractivity contribution is -0.143. The van der Waals surface area contributed by atoms with Crippen molar-refractivity contribution in [2.24, 2.45) is 17.8 Å². The Hall–Kier alpha value is -5.41. The van der Waals surface area contributed by atoms with E-state index in [0.29, 0.717) is 57.2 Å². The number of carbonyl (C=O) groups is 2. The van der Waals surface area contributed by atoms with E-state index >= 15 is 0 Å². The van der Waals surface area contributed by atoms with Crippen LogP contribution in [0.5, 0.6) is 11.5 Å². The van der Waals surface area contributed by atoms with Crippen LogP contribution in [0.3, 0.4) is 0 Å². The van der Waals surface area contributed by atoms with Gasteiger partial charge < -0.3 is 19.5 Å². The second-order valence-corrected chi connectivity index (χ2v) is 13.7. The molecule has 7 rings (SSSR count). The zero-order valence-corrected chi connectivity index (χ0v) is 28.9. The molecule has 0 radical (unpaired) electrons. The minimum atomic E-state index is -5.20. The molecule has 3 heterocycles. The van der Waals surface area contributed by atoms with E-state index in [1.165, 1.54) is 0 Å². The van der Waals surface area contributed by atoms with Crippen molar-refractivity contribution in [3.05, 3.63) is 131 Å².